The summed E-state index contributed by atoms with van der Waals surface area (Å²) in [4.78, 5) is 16.6. The number of halogens is 2. The molecule has 134 valence electrons. The molecular weight excluding hydrogens is 343 g/mol. The van der Waals surface area contributed by atoms with Crippen LogP contribution in [0.5, 0.6) is 0 Å². The van der Waals surface area contributed by atoms with Crippen LogP contribution in [-0.4, -0.2) is 51.7 Å². The van der Waals surface area contributed by atoms with Gasteiger partial charge in [-0.1, -0.05) is 23.7 Å². The third-order valence-corrected chi connectivity index (χ3v) is 4.59. The minimum atomic E-state index is -0.206. The van der Waals surface area contributed by atoms with E-state index in [1.165, 1.54) is 6.07 Å². The van der Waals surface area contributed by atoms with E-state index in [4.69, 9.17) is 11.6 Å². The first-order chi connectivity index (χ1) is 12.1. The third-order valence-electron chi connectivity index (χ3n) is 4.39. The molecule has 1 aliphatic rings. The molecule has 25 heavy (non-hydrogen) atoms. The highest BCUT2D eigenvalue weighted by Crippen LogP contribution is 2.12. The number of carbonyl (C=O) groups excluding carboxylic acids is 1. The number of rotatable bonds is 5. The molecule has 0 saturated carbocycles. The number of carbonyl (C=O) groups is 1. The van der Waals surface area contributed by atoms with Crippen LogP contribution in [0, 0.1) is 5.82 Å². The summed E-state index contributed by atoms with van der Waals surface area (Å²) in [6, 6.07) is 6.70. The Morgan fingerprint density at radius 1 is 1.24 bits per heavy atom. The van der Waals surface area contributed by atoms with E-state index in [-0.39, 0.29) is 11.7 Å². The highest BCUT2D eigenvalue weighted by Gasteiger charge is 2.19. The Morgan fingerprint density at radius 2 is 2.12 bits per heavy atom. The Morgan fingerprint density at radius 3 is 2.88 bits per heavy atom. The lowest BCUT2D eigenvalue weighted by Crippen LogP contribution is -2.35. The standard InChI is InChI=1S/C18H22ClFN4O/c19-16-12-21-24(14-16)8-5-18(25)23-7-2-6-22(9-10-23)13-15-3-1-4-17(20)11-15/h1,3-4,11-12,14H,2,5-10,13H2. The maximum atomic E-state index is 13.3. The fourth-order valence-corrected chi connectivity index (χ4v) is 3.26. The molecule has 1 amide bonds. The van der Waals surface area contributed by atoms with Gasteiger partial charge in [0, 0.05) is 51.9 Å². The van der Waals surface area contributed by atoms with Gasteiger partial charge in [-0.3, -0.25) is 14.4 Å². The first-order valence-corrected chi connectivity index (χ1v) is 8.90. The zero-order chi connectivity index (χ0) is 17.6. The van der Waals surface area contributed by atoms with Crippen LogP contribution in [0.15, 0.2) is 36.7 Å². The van der Waals surface area contributed by atoms with Crippen molar-refractivity contribution in [2.24, 2.45) is 0 Å². The average Bonchev–Trinajstić information content (AvgIpc) is 2.86. The van der Waals surface area contributed by atoms with E-state index in [1.54, 1.807) is 29.2 Å². The van der Waals surface area contributed by atoms with Gasteiger partial charge in [-0.2, -0.15) is 5.10 Å². The van der Waals surface area contributed by atoms with E-state index in [0.717, 1.165) is 31.6 Å². The molecule has 0 aliphatic carbocycles. The Kier molecular flexibility index (Phi) is 6.04. The first kappa shape index (κ1) is 17.9. The molecule has 0 radical (unpaired) electrons. The summed E-state index contributed by atoms with van der Waals surface area (Å²) < 4.78 is 15.0. The summed E-state index contributed by atoms with van der Waals surface area (Å²) in [5.41, 5.74) is 0.968. The Hall–Kier alpha value is -1.92. The zero-order valence-electron chi connectivity index (χ0n) is 14.1. The molecule has 1 aliphatic heterocycles. The van der Waals surface area contributed by atoms with Crippen LogP contribution >= 0.6 is 11.6 Å². The summed E-state index contributed by atoms with van der Waals surface area (Å²) in [5, 5.41) is 4.67. The zero-order valence-corrected chi connectivity index (χ0v) is 14.8. The van der Waals surface area contributed by atoms with Gasteiger partial charge in [-0.05, 0) is 24.1 Å². The number of hydrogen-bond donors (Lipinski definition) is 0. The maximum absolute atomic E-state index is 13.3. The second-order valence-electron chi connectivity index (χ2n) is 6.31. The van der Waals surface area contributed by atoms with Gasteiger partial charge in [0.2, 0.25) is 5.91 Å². The van der Waals surface area contributed by atoms with Gasteiger partial charge in [0.05, 0.1) is 11.2 Å². The molecule has 2 heterocycles. The van der Waals surface area contributed by atoms with Crippen molar-refractivity contribution in [1.82, 2.24) is 19.6 Å². The van der Waals surface area contributed by atoms with Gasteiger partial charge in [0.15, 0.2) is 0 Å². The number of benzene rings is 1. The Bertz CT molecular complexity index is 721. The van der Waals surface area contributed by atoms with Gasteiger partial charge in [-0.25, -0.2) is 4.39 Å². The lowest BCUT2D eigenvalue weighted by atomic mass is 10.2. The molecule has 0 atom stereocenters. The Labute approximate surface area is 152 Å². The SMILES string of the molecule is O=C(CCn1cc(Cl)cn1)N1CCCN(Cc2cccc(F)c2)CC1. The van der Waals surface area contributed by atoms with Crippen LogP contribution in [-0.2, 0) is 17.9 Å². The van der Waals surface area contributed by atoms with Crippen LogP contribution in [0.4, 0.5) is 4.39 Å². The average molecular weight is 365 g/mol. The number of nitrogens with zero attached hydrogens (tertiary/aromatic N) is 4. The molecule has 1 saturated heterocycles. The molecule has 0 N–H and O–H groups in total. The molecule has 5 nitrogen and oxygen atoms in total. The van der Waals surface area contributed by atoms with Crippen molar-refractivity contribution in [3.05, 3.63) is 53.1 Å². The fourth-order valence-electron chi connectivity index (χ4n) is 3.10. The topological polar surface area (TPSA) is 41.4 Å². The predicted octanol–water partition coefficient (Wildman–Crippen LogP) is 2.80. The maximum Gasteiger partial charge on any atom is 0.224 e. The molecule has 0 spiro atoms. The normalized spacial score (nSPS) is 16.0. The van der Waals surface area contributed by atoms with Gasteiger partial charge in [0.1, 0.15) is 5.82 Å². The number of aryl methyl sites for hydroxylation is 1. The molecule has 0 bridgehead atoms. The van der Waals surface area contributed by atoms with Crippen LogP contribution < -0.4 is 0 Å². The smallest absolute Gasteiger partial charge is 0.224 e. The van der Waals surface area contributed by atoms with Crippen molar-refractivity contribution in [3.8, 4) is 0 Å². The van der Waals surface area contributed by atoms with Crippen molar-refractivity contribution in [1.29, 1.82) is 0 Å². The number of hydrogen-bond acceptors (Lipinski definition) is 3. The highest BCUT2D eigenvalue weighted by molar-refractivity contribution is 6.30. The van der Waals surface area contributed by atoms with Gasteiger partial charge in [0.25, 0.3) is 0 Å². The van der Waals surface area contributed by atoms with Gasteiger partial charge >= 0.3 is 0 Å². The van der Waals surface area contributed by atoms with E-state index in [0.29, 0.717) is 31.1 Å². The molecule has 7 heteroatoms. The fraction of sp³-hybridized carbons (Fsp3) is 0.444. The highest BCUT2D eigenvalue weighted by atomic mass is 35.5. The van der Waals surface area contributed by atoms with E-state index in [9.17, 15) is 9.18 Å². The molecule has 0 unspecified atom stereocenters. The lowest BCUT2D eigenvalue weighted by molar-refractivity contribution is -0.131. The second-order valence-corrected chi connectivity index (χ2v) is 6.75. The minimum absolute atomic E-state index is 0.138. The summed E-state index contributed by atoms with van der Waals surface area (Å²) in [6.45, 7) is 4.43. The summed E-state index contributed by atoms with van der Waals surface area (Å²) in [5.74, 6) is -0.0675. The Balaban J connectivity index is 1.48. The largest absolute Gasteiger partial charge is 0.341 e. The molecular formula is C18H22ClFN4O. The summed E-state index contributed by atoms with van der Waals surface area (Å²) in [6.07, 6.45) is 4.64. The van der Waals surface area contributed by atoms with Gasteiger partial charge in [-0.15, -0.1) is 0 Å². The first-order valence-electron chi connectivity index (χ1n) is 8.53. The van der Waals surface area contributed by atoms with Crippen LogP contribution in [0.3, 0.4) is 0 Å². The summed E-state index contributed by atoms with van der Waals surface area (Å²) >= 11 is 5.83. The lowest BCUT2D eigenvalue weighted by Gasteiger charge is -2.22. The van der Waals surface area contributed by atoms with E-state index >= 15 is 0 Å². The van der Waals surface area contributed by atoms with Crippen molar-refractivity contribution in [2.75, 3.05) is 26.2 Å². The number of aromatic nitrogens is 2. The third kappa shape index (κ3) is 5.28. The molecule has 3 rings (SSSR count). The monoisotopic (exact) mass is 364 g/mol. The van der Waals surface area contributed by atoms with E-state index < -0.39 is 0 Å². The molecule has 1 aromatic heterocycles. The molecule has 2 aromatic rings. The van der Waals surface area contributed by atoms with E-state index in [2.05, 4.69) is 10.00 Å². The van der Waals surface area contributed by atoms with Crippen LogP contribution in [0.2, 0.25) is 5.02 Å². The number of amides is 1. The molecule has 1 aromatic carbocycles. The van der Waals surface area contributed by atoms with Crippen molar-refractivity contribution in [2.45, 2.75) is 25.9 Å². The van der Waals surface area contributed by atoms with Crippen molar-refractivity contribution in [3.63, 3.8) is 0 Å². The van der Waals surface area contributed by atoms with Crippen LogP contribution in [0.25, 0.3) is 0 Å². The minimum Gasteiger partial charge on any atom is -0.341 e. The van der Waals surface area contributed by atoms with Crippen molar-refractivity contribution < 1.29 is 9.18 Å². The van der Waals surface area contributed by atoms with E-state index in [1.807, 2.05) is 11.0 Å². The summed E-state index contributed by atoms with van der Waals surface area (Å²) in [7, 11) is 0. The van der Waals surface area contributed by atoms with Crippen LogP contribution in [0.1, 0.15) is 18.4 Å². The van der Waals surface area contributed by atoms with Crippen molar-refractivity contribution >= 4 is 17.5 Å². The molecule has 1 fully saturated rings. The van der Waals surface area contributed by atoms with Gasteiger partial charge < -0.3 is 4.90 Å². The quantitative estimate of drug-likeness (QED) is 0.819. The predicted molar refractivity (Wildman–Crippen MR) is 94.7 cm³/mol. The second kappa shape index (κ2) is 8.45.